The van der Waals surface area contributed by atoms with E-state index >= 15 is 0 Å². The first-order valence-corrected chi connectivity index (χ1v) is 11.0. The third-order valence-electron chi connectivity index (χ3n) is 3.37. The second kappa shape index (κ2) is 10.6. The summed E-state index contributed by atoms with van der Waals surface area (Å²) in [6.07, 6.45) is 8.37. The lowest BCUT2D eigenvalue weighted by molar-refractivity contribution is 0.245. The molecule has 0 aliphatic heterocycles. The van der Waals surface area contributed by atoms with Crippen LogP contribution >= 0.6 is 6.72 Å². The Morgan fingerprint density at radius 2 is 1.62 bits per heavy atom. The maximum atomic E-state index is 10.00. The standard InChI is InChI=1S/C16H29O3PS/c1-3-4-5-6-7-8-11-14-19-20(17,18)21-16-13-10-9-12-15(16)2/h9-10,12-13,17-18,21H,3-8,11,14H2,1-2H3. The predicted octanol–water partition coefficient (Wildman–Crippen LogP) is 4.60. The number of hydrogen-bond acceptors (Lipinski definition) is 1. The Bertz CT molecular complexity index is 457. The Balaban J connectivity index is 2.28. The number of hydrogen-bond donors (Lipinski definition) is 3. The summed E-state index contributed by atoms with van der Waals surface area (Å²) in [6.45, 7) is 1.34. The van der Waals surface area contributed by atoms with Gasteiger partial charge in [-0.1, -0.05) is 74.6 Å². The molecule has 0 aliphatic rings. The maximum absolute atomic E-state index is 10.00. The second-order valence-corrected chi connectivity index (χ2v) is 9.48. The van der Waals surface area contributed by atoms with Crippen molar-refractivity contribution in [3.63, 3.8) is 0 Å². The molecule has 0 atom stereocenters. The molecule has 0 fully saturated rings. The van der Waals surface area contributed by atoms with Crippen molar-refractivity contribution in [2.75, 3.05) is 6.61 Å². The summed E-state index contributed by atoms with van der Waals surface area (Å²) in [6, 6.07) is 7.74. The van der Waals surface area contributed by atoms with Crippen molar-refractivity contribution in [3.8, 4) is 0 Å². The van der Waals surface area contributed by atoms with Gasteiger partial charge in [-0.05, 0) is 25.0 Å². The molecule has 1 aromatic carbocycles. The molecule has 3 nitrogen and oxygen atoms in total. The molecule has 0 saturated carbocycles. The molecule has 2 N–H and O–H groups in total. The van der Waals surface area contributed by atoms with Crippen molar-refractivity contribution in [3.05, 3.63) is 29.8 Å². The van der Waals surface area contributed by atoms with E-state index in [9.17, 15) is 9.79 Å². The zero-order chi connectivity index (χ0) is 15.6. The fraction of sp³-hybridized carbons (Fsp3) is 0.625. The van der Waals surface area contributed by atoms with Gasteiger partial charge in [0.2, 0.25) is 0 Å². The lowest BCUT2D eigenvalue weighted by atomic mass is 10.1. The lowest BCUT2D eigenvalue weighted by Gasteiger charge is -2.13. The van der Waals surface area contributed by atoms with Crippen LogP contribution in [0.3, 0.4) is 0 Å². The lowest BCUT2D eigenvalue weighted by Crippen LogP contribution is -1.94. The van der Waals surface area contributed by atoms with Gasteiger partial charge in [-0.3, -0.25) is 0 Å². The minimum absolute atomic E-state index is 0.438. The molecule has 122 valence electrons. The van der Waals surface area contributed by atoms with Gasteiger partial charge >= 0.3 is 0 Å². The van der Waals surface area contributed by atoms with Gasteiger partial charge in [0.25, 0.3) is 6.72 Å². The van der Waals surface area contributed by atoms with Gasteiger partial charge in [-0.15, -0.1) is 0 Å². The van der Waals surface area contributed by atoms with Gasteiger partial charge in [0, 0.05) is 4.90 Å². The van der Waals surface area contributed by atoms with E-state index in [4.69, 9.17) is 4.52 Å². The van der Waals surface area contributed by atoms with Crippen LogP contribution in [0, 0.1) is 6.92 Å². The van der Waals surface area contributed by atoms with Crippen molar-refractivity contribution >= 4 is 17.7 Å². The van der Waals surface area contributed by atoms with Gasteiger partial charge in [-0.25, -0.2) is 0 Å². The molecule has 21 heavy (non-hydrogen) atoms. The zero-order valence-electron chi connectivity index (χ0n) is 13.2. The zero-order valence-corrected chi connectivity index (χ0v) is 15.0. The monoisotopic (exact) mass is 332 g/mol. The van der Waals surface area contributed by atoms with E-state index < -0.39 is 6.72 Å². The third kappa shape index (κ3) is 8.80. The normalized spacial score (nSPS) is 11.8. The van der Waals surface area contributed by atoms with Crippen molar-refractivity contribution in [2.24, 2.45) is 0 Å². The quantitative estimate of drug-likeness (QED) is 0.333. The van der Waals surface area contributed by atoms with Crippen LogP contribution in [0.5, 0.6) is 0 Å². The molecular weight excluding hydrogens is 303 g/mol. The number of thiol groups is 1. The Hall–Kier alpha value is -0.120. The van der Waals surface area contributed by atoms with Crippen LogP contribution in [0.15, 0.2) is 29.2 Å². The number of unbranched alkanes of at least 4 members (excludes halogenated alkanes) is 6. The average Bonchev–Trinajstić information content (AvgIpc) is 2.44. The van der Waals surface area contributed by atoms with Crippen molar-refractivity contribution < 1.29 is 14.3 Å². The first kappa shape index (κ1) is 18.9. The van der Waals surface area contributed by atoms with Crippen molar-refractivity contribution in [1.82, 2.24) is 0 Å². The molecule has 0 radical (unpaired) electrons. The molecule has 0 saturated heterocycles. The highest BCUT2D eigenvalue weighted by molar-refractivity contribution is 8.16. The molecule has 0 aromatic heterocycles. The summed E-state index contributed by atoms with van der Waals surface area (Å²) in [4.78, 5) is 20.9. The topological polar surface area (TPSA) is 49.7 Å². The van der Waals surface area contributed by atoms with Gasteiger partial charge in [0.05, 0.1) is 6.61 Å². The van der Waals surface area contributed by atoms with E-state index in [1.165, 1.54) is 32.1 Å². The Morgan fingerprint density at radius 1 is 1.00 bits per heavy atom. The summed E-state index contributed by atoms with van der Waals surface area (Å²) < 4.78 is 5.33. The first-order valence-electron chi connectivity index (χ1n) is 7.83. The van der Waals surface area contributed by atoms with Crippen LogP contribution < -0.4 is 0 Å². The van der Waals surface area contributed by atoms with Crippen LogP contribution in [-0.4, -0.2) is 16.4 Å². The molecule has 5 heteroatoms. The van der Waals surface area contributed by atoms with E-state index in [0.29, 0.717) is 17.5 Å². The maximum Gasteiger partial charge on any atom is 0.281 e. The highest BCUT2D eigenvalue weighted by Gasteiger charge is 2.10. The Kier molecular flexibility index (Phi) is 9.54. The van der Waals surface area contributed by atoms with Crippen LogP contribution in [0.1, 0.15) is 57.4 Å². The summed E-state index contributed by atoms with van der Waals surface area (Å²) in [5.74, 6) is 0. The summed E-state index contributed by atoms with van der Waals surface area (Å²) >= 11 is 0. The number of rotatable bonds is 10. The SMILES string of the molecule is CCCCCCCCCOP(O)(O)=[SH]c1ccccc1C. The minimum atomic E-state index is -3.29. The predicted molar refractivity (Wildman–Crippen MR) is 93.5 cm³/mol. The molecule has 0 aliphatic carbocycles. The molecule has 0 amide bonds. The van der Waals surface area contributed by atoms with E-state index in [1.807, 2.05) is 31.2 Å². The second-order valence-electron chi connectivity index (χ2n) is 5.35. The molecule has 0 heterocycles. The Labute approximate surface area is 132 Å². The van der Waals surface area contributed by atoms with Gasteiger partial charge in [-0.2, -0.15) is 0 Å². The minimum Gasteiger partial charge on any atom is -0.328 e. The highest BCUT2D eigenvalue weighted by Crippen LogP contribution is 2.41. The number of benzene rings is 1. The van der Waals surface area contributed by atoms with Crippen LogP contribution in [0.4, 0.5) is 0 Å². The smallest absolute Gasteiger partial charge is 0.281 e. The largest absolute Gasteiger partial charge is 0.328 e. The van der Waals surface area contributed by atoms with E-state index in [-0.39, 0.29) is 0 Å². The van der Waals surface area contributed by atoms with E-state index in [1.54, 1.807) is 0 Å². The van der Waals surface area contributed by atoms with Crippen LogP contribution in [0.25, 0.3) is 0 Å². The molecule has 0 bridgehead atoms. The molecular formula is C16H29O3PS. The summed E-state index contributed by atoms with van der Waals surface area (Å²) in [5, 5.41) is 0. The first-order chi connectivity index (χ1) is 10.0. The van der Waals surface area contributed by atoms with E-state index in [0.717, 1.165) is 23.3 Å². The average molecular weight is 332 g/mol. The highest BCUT2D eigenvalue weighted by atomic mass is 32.5. The third-order valence-corrected chi connectivity index (χ3v) is 6.65. The van der Waals surface area contributed by atoms with E-state index in [2.05, 4.69) is 6.92 Å². The van der Waals surface area contributed by atoms with Gasteiger partial charge in [0.15, 0.2) is 0 Å². The molecule has 0 unspecified atom stereocenters. The molecule has 1 aromatic rings. The van der Waals surface area contributed by atoms with Gasteiger partial charge in [0.1, 0.15) is 0 Å². The molecule has 0 spiro atoms. The summed E-state index contributed by atoms with van der Waals surface area (Å²) in [5.41, 5.74) is 1.06. The van der Waals surface area contributed by atoms with Crippen molar-refractivity contribution in [1.29, 1.82) is 0 Å². The van der Waals surface area contributed by atoms with Gasteiger partial charge < -0.3 is 14.3 Å². The van der Waals surface area contributed by atoms with Crippen LogP contribution in [0.2, 0.25) is 0 Å². The number of aryl methyl sites for hydroxylation is 1. The van der Waals surface area contributed by atoms with Crippen molar-refractivity contribution in [2.45, 2.75) is 63.7 Å². The fourth-order valence-electron chi connectivity index (χ4n) is 2.09. The Morgan fingerprint density at radius 3 is 2.29 bits per heavy atom. The van der Waals surface area contributed by atoms with Crippen LogP contribution in [-0.2, 0) is 15.5 Å². The fourth-order valence-corrected chi connectivity index (χ4v) is 5.12. The molecule has 1 rings (SSSR count). The summed E-state index contributed by atoms with van der Waals surface area (Å²) in [7, 11) is 0.495.